The van der Waals surface area contributed by atoms with Crippen LogP contribution in [-0.4, -0.2) is 25.8 Å². The van der Waals surface area contributed by atoms with E-state index < -0.39 is 10.0 Å². The Labute approximate surface area is 127 Å². The molecule has 0 amide bonds. The summed E-state index contributed by atoms with van der Waals surface area (Å²) in [4.78, 5) is 0.431. The van der Waals surface area contributed by atoms with E-state index >= 15 is 0 Å². The van der Waals surface area contributed by atoms with Gasteiger partial charge in [0.1, 0.15) is 0 Å². The van der Waals surface area contributed by atoms with E-state index in [1.807, 2.05) is 26.0 Å². The number of benzene rings is 1. The number of hydrogen-bond acceptors (Lipinski definition) is 2. The fourth-order valence-corrected chi connectivity index (χ4v) is 4.37. The number of nitrogens with zero attached hydrogens (tertiary/aromatic N) is 1. The number of hydrogen-bond donors (Lipinski definition) is 0. The molecule has 1 saturated carbocycles. The van der Waals surface area contributed by atoms with Crippen LogP contribution in [0.1, 0.15) is 37.8 Å². The van der Waals surface area contributed by atoms with Crippen LogP contribution in [0.2, 0.25) is 0 Å². The van der Waals surface area contributed by atoms with Crippen LogP contribution in [0.5, 0.6) is 0 Å². The van der Waals surface area contributed by atoms with Crippen molar-refractivity contribution >= 4 is 21.6 Å². The molecule has 112 valence electrons. The summed E-state index contributed by atoms with van der Waals surface area (Å²) in [5.41, 5.74) is 1.72. The van der Waals surface area contributed by atoms with Gasteiger partial charge < -0.3 is 0 Å². The highest BCUT2D eigenvalue weighted by molar-refractivity contribution is 7.89. The first kappa shape index (κ1) is 15.8. The van der Waals surface area contributed by atoms with Crippen LogP contribution in [-0.2, 0) is 22.3 Å². The van der Waals surface area contributed by atoms with Crippen molar-refractivity contribution in [3.63, 3.8) is 0 Å². The number of aryl methyl sites for hydroxylation is 1. The minimum atomic E-state index is -3.41. The average molecular weight is 316 g/mol. The van der Waals surface area contributed by atoms with Crippen molar-refractivity contribution in [1.29, 1.82) is 0 Å². The lowest BCUT2D eigenvalue weighted by molar-refractivity contribution is 0.411. The Morgan fingerprint density at radius 2 is 2.00 bits per heavy atom. The van der Waals surface area contributed by atoms with E-state index in [1.165, 1.54) is 0 Å². The highest BCUT2D eigenvalue weighted by Crippen LogP contribution is 2.32. The minimum absolute atomic E-state index is 0.335. The molecule has 1 aromatic rings. The van der Waals surface area contributed by atoms with E-state index in [-0.39, 0.29) is 0 Å². The van der Waals surface area contributed by atoms with E-state index in [0.717, 1.165) is 24.0 Å². The molecule has 0 aliphatic heterocycles. The Morgan fingerprint density at radius 1 is 1.30 bits per heavy atom. The number of rotatable bonds is 7. The molecule has 1 aliphatic rings. The topological polar surface area (TPSA) is 37.4 Å². The number of alkyl halides is 1. The smallest absolute Gasteiger partial charge is 0.207 e. The number of halogens is 1. The maximum Gasteiger partial charge on any atom is 0.243 e. The van der Waals surface area contributed by atoms with Gasteiger partial charge in [-0.3, -0.25) is 0 Å². The van der Waals surface area contributed by atoms with E-state index in [2.05, 4.69) is 0 Å². The fourth-order valence-electron chi connectivity index (χ4n) is 2.34. The summed E-state index contributed by atoms with van der Waals surface area (Å²) in [5.74, 6) is 0.882. The molecule has 0 saturated heterocycles. The molecule has 1 aliphatic carbocycles. The van der Waals surface area contributed by atoms with Crippen LogP contribution in [0.25, 0.3) is 0 Å². The minimum Gasteiger partial charge on any atom is -0.207 e. The second-order valence-electron chi connectivity index (χ2n) is 5.33. The molecule has 1 aromatic carbocycles. The Kier molecular flexibility index (Phi) is 5.10. The average Bonchev–Trinajstić information content (AvgIpc) is 3.27. The van der Waals surface area contributed by atoms with Crippen molar-refractivity contribution < 1.29 is 8.42 Å². The highest BCUT2D eigenvalue weighted by atomic mass is 35.5. The molecular formula is C15H22ClNO2S. The van der Waals surface area contributed by atoms with E-state index in [1.54, 1.807) is 10.4 Å². The Bertz CT molecular complexity index is 567. The third kappa shape index (κ3) is 3.35. The van der Waals surface area contributed by atoms with Crippen molar-refractivity contribution in [2.75, 3.05) is 13.1 Å². The van der Waals surface area contributed by atoms with E-state index in [4.69, 9.17) is 11.6 Å². The maximum atomic E-state index is 12.9. The molecule has 0 bridgehead atoms. The first-order valence-corrected chi connectivity index (χ1v) is 9.18. The second-order valence-corrected chi connectivity index (χ2v) is 7.50. The molecule has 0 heterocycles. The lowest BCUT2D eigenvalue weighted by Crippen LogP contribution is -2.33. The summed E-state index contributed by atoms with van der Waals surface area (Å²) >= 11 is 5.84. The Hall–Kier alpha value is -0.580. The third-order valence-corrected chi connectivity index (χ3v) is 6.13. The predicted octanol–water partition coefficient (Wildman–Crippen LogP) is 3.41. The van der Waals surface area contributed by atoms with Gasteiger partial charge >= 0.3 is 0 Å². The van der Waals surface area contributed by atoms with Crippen LogP contribution in [0.3, 0.4) is 0 Å². The van der Waals surface area contributed by atoms with Crippen LogP contribution in [0.4, 0.5) is 0 Å². The van der Waals surface area contributed by atoms with Gasteiger partial charge in [-0.25, -0.2) is 8.42 Å². The van der Waals surface area contributed by atoms with E-state index in [0.29, 0.717) is 36.2 Å². The monoisotopic (exact) mass is 315 g/mol. The molecule has 5 heteroatoms. The van der Waals surface area contributed by atoms with Crippen molar-refractivity contribution in [1.82, 2.24) is 4.31 Å². The molecule has 0 spiro atoms. The summed E-state index contributed by atoms with van der Waals surface area (Å²) in [6.45, 7) is 5.04. The molecule has 0 radical (unpaired) electrons. The molecular weight excluding hydrogens is 294 g/mol. The van der Waals surface area contributed by atoms with Gasteiger partial charge in [0, 0.05) is 19.0 Å². The first-order chi connectivity index (χ1) is 9.52. The van der Waals surface area contributed by atoms with Gasteiger partial charge in [0.15, 0.2) is 0 Å². The SMILES string of the molecule is CCc1ccc(CCl)cc1S(=O)(=O)N(CC)CC1CC1. The van der Waals surface area contributed by atoms with Crippen LogP contribution in [0.15, 0.2) is 23.1 Å². The second kappa shape index (κ2) is 6.46. The van der Waals surface area contributed by atoms with Crippen LogP contribution >= 0.6 is 11.6 Å². The maximum absolute atomic E-state index is 12.9. The van der Waals surface area contributed by atoms with Gasteiger partial charge in [-0.15, -0.1) is 11.6 Å². The van der Waals surface area contributed by atoms with Gasteiger partial charge in [0.25, 0.3) is 0 Å². The lowest BCUT2D eigenvalue weighted by atomic mass is 10.1. The van der Waals surface area contributed by atoms with Crippen LogP contribution in [0, 0.1) is 5.92 Å². The summed E-state index contributed by atoms with van der Waals surface area (Å²) < 4.78 is 27.3. The summed E-state index contributed by atoms with van der Waals surface area (Å²) in [5, 5.41) is 0. The van der Waals surface area contributed by atoms with Crippen molar-refractivity contribution in [2.24, 2.45) is 5.92 Å². The van der Waals surface area contributed by atoms with Crippen molar-refractivity contribution in [3.05, 3.63) is 29.3 Å². The van der Waals surface area contributed by atoms with E-state index in [9.17, 15) is 8.42 Å². The van der Waals surface area contributed by atoms with Gasteiger partial charge in [-0.1, -0.05) is 26.0 Å². The quantitative estimate of drug-likeness (QED) is 0.723. The lowest BCUT2D eigenvalue weighted by Gasteiger charge is -2.22. The summed E-state index contributed by atoms with van der Waals surface area (Å²) in [6, 6.07) is 5.52. The zero-order valence-corrected chi connectivity index (χ0v) is 13.7. The zero-order valence-electron chi connectivity index (χ0n) is 12.1. The fraction of sp³-hybridized carbons (Fsp3) is 0.600. The molecule has 1 fully saturated rings. The Balaban J connectivity index is 2.39. The molecule has 20 heavy (non-hydrogen) atoms. The molecule has 2 rings (SSSR count). The first-order valence-electron chi connectivity index (χ1n) is 7.20. The zero-order chi connectivity index (χ0) is 14.8. The molecule has 0 N–H and O–H groups in total. The van der Waals surface area contributed by atoms with Gasteiger partial charge in [0.2, 0.25) is 10.0 Å². The van der Waals surface area contributed by atoms with Gasteiger partial charge in [-0.05, 0) is 42.4 Å². The normalized spacial score (nSPS) is 15.8. The van der Waals surface area contributed by atoms with Crippen LogP contribution < -0.4 is 0 Å². The molecule has 3 nitrogen and oxygen atoms in total. The summed E-state index contributed by atoms with van der Waals surface area (Å²) in [7, 11) is -3.41. The predicted molar refractivity (Wildman–Crippen MR) is 82.5 cm³/mol. The summed E-state index contributed by atoms with van der Waals surface area (Å²) in [6.07, 6.45) is 3.00. The Morgan fingerprint density at radius 3 is 2.50 bits per heavy atom. The largest absolute Gasteiger partial charge is 0.243 e. The van der Waals surface area contributed by atoms with Gasteiger partial charge in [0.05, 0.1) is 4.90 Å². The molecule has 0 atom stereocenters. The molecule has 0 aromatic heterocycles. The standard InChI is InChI=1S/C15H22ClNO2S/c1-3-14-8-7-13(10-16)9-15(14)20(18,19)17(4-2)11-12-5-6-12/h7-9,12H,3-6,10-11H2,1-2H3. The third-order valence-electron chi connectivity index (χ3n) is 3.80. The molecule has 0 unspecified atom stereocenters. The van der Waals surface area contributed by atoms with Crippen molar-refractivity contribution in [2.45, 2.75) is 43.9 Å². The van der Waals surface area contributed by atoms with Crippen molar-refractivity contribution in [3.8, 4) is 0 Å². The van der Waals surface area contributed by atoms with Gasteiger partial charge in [-0.2, -0.15) is 4.31 Å². The number of sulfonamides is 1. The highest BCUT2D eigenvalue weighted by Gasteiger charge is 2.31.